The Morgan fingerprint density at radius 2 is 1.26 bits per heavy atom. The highest BCUT2D eigenvalue weighted by Gasteiger charge is 2.35. The monoisotopic (exact) mass is 515 g/mol. The van der Waals surface area contributed by atoms with Crippen LogP contribution in [0, 0.1) is 0 Å². The average Bonchev–Trinajstić information content (AvgIpc) is 3.61. The summed E-state index contributed by atoms with van der Waals surface area (Å²) in [5, 5.41) is 7.98. The van der Waals surface area contributed by atoms with Crippen LogP contribution in [0.25, 0.3) is 75.0 Å². The summed E-state index contributed by atoms with van der Waals surface area (Å²) in [7, 11) is 0. The summed E-state index contributed by atoms with van der Waals surface area (Å²) in [5.74, 6) is 0. The minimum Gasteiger partial charge on any atom is -0.354 e. The highest BCUT2D eigenvalue weighted by molar-refractivity contribution is 7.27. The van der Waals surface area contributed by atoms with Crippen molar-refractivity contribution in [3.05, 3.63) is 120 Å². The van der Waals surface area contributed by atoms with E-state index >= 15 is 0 Å². The highest BCUT2D eigenvalue weighted by atomic mass is 32.1. The van der Waals surface area contributed by atoms with Gasteiger partial charge >= 0.3 is 0 Å². The van der Waals surface area contributed by atoms with Crippen LogP contribution in [0.5, 0.6) is 0 Å². The van der Waals surface area contributed by atoms with Crippen LogP contribution in [0.15, 0.2) is 109 Å². The zero-order chi connectivity index (χ0) is 25.9. The molecule has 1 nitrogen and oxygen atoms in total. The quantitative estimate of drug-likeness (QED) is 0.224. The van der Waals surface area contributed by atoms with Crippen LogP contribution in [0.3, 0.4) is 0 Å². The lowest BCUT2D eigenvalue weighted by atomic mass is 9.81. The van der Waals surface area contributed by atoms with Crippen LogP contribution in [-0.4, -0.2) is 4.98 Å². The third kappa shape index (κ3) is 2.74. The molecule has 184 valence electrons. The Hall–Kier alpha value is -4.40. The number of H-pyrrole nitrogens is 1. The molecule has 1 aliphatic carbocycles. The van der Waals surface area contributed by atoms with Gasteiger partial charge in [-0.1, -0.05) is 98.8 Å². The van der Waals surface area contributed by atoms with Gasteiger partial charge in [-0.15, -0.1) is 11.3 Å². The van der Waals surface area contributed by atoms with E-state index in [1.807, 2.05) is 11.3 Å². The fraction of sp³-hybridized carbons (Fsp3) is 0.0811. The Labute approximate surface area is 230 Å². The highest BCUT2D eigenvalue weighted by Crippen LogP contribution is 2.50. The first-order chi connectivity index (χ1) is 19.1. The molecule has 0 saturated carbocycles. The van der Waals surface area contributed by atoms with Crippen molar-refractivity contribution >= 4 is 64.1 Å². The van der Waals surface area contributed by atoms with Crippen molar-refractivity contribution in [2.45, 2.75) is 19.3 Å². The van der Waals surface area contributed by atoms with Gasteiger partial charge in [0.05, 0.1) is 5.52 Å². The Morgan fingerprint density at radius 1 is 0.564 bits per heavy atom. The third-order valence-electron chi connectivity index (χ3n) is 9.00. The van der Waals surface area contributed by atoms with Gasteiger partial charge in [-0.25, -0.2) is 0 Å². The van der Waals surface area contributed by atoms with Crippen molar-refractivity contribution in [2.24, 2.45) is 0 Å². The van der Waals surface area contributed by atoms with Gasteiger partial charge in [0.15, 0.2) is 0 Å². The van der Waals surface area contributed by atoms with Gasteiger partial charge in [0.2, 0.25) is 0 Å². The van der Waals surface area contributed by atoms with E-state index in [0.29, 0.717) is 0 Å². The summed E-state index contributed by atoms with van der Waals surface area (Å²) in [6.45, 7) is 4.71. The zero-order valence-corrected chi connectivity index (χ0v) is 22.6. The lowest BCUT2D eigenvalue weighted by Gasteiger charge is -2.22. The molecule has 0 fully saturated rings. The van der Waals surface area contributed by atoms with Crippen molar-refractivity contribution in [3.8, 4) is 22.3 Å². The maximum atomic E-state index is 3.81. The van der Waals surface area contributed by atoms with Crippen LogP contribution in [0.4, 0.5) is 0 Å². The maximum Gasteiger partial charge on any atom is 0.0559 e. The molecule has 0 radical (unpaired) electrons. The topological polar surface area (TPSA) is 15.8 Å². The number of nitrogens with one attached hydrogen (secondary N) is 1. The molecule has 2 heteroatoms. The molecular formula is C37H25NS. The van der Waals surface area contributed by atoms with Gasteiger partial charge in [-0.3, -0.25) is 0 Å². The molecule has 2 aromatic heterocycles. The van der Waals surface area contributed by atoms with E-state index in [1.165, 1.54) is 86.1 Å². The molecule has 0 amide bonds. The van der Waals surface area contributed by atoms with Crippen molar-refractivity contribution < 1.29 is 0 Å². The van der Waals surface area contributed by atoms with Crippen molar-refractivity contribution in [2.75, 3.05) is 0 Å². The summed E-state index contributed by atoms with van der Waals surface area (Å²) < 4.78 is 2.72. The molecule has 0 saturated heterocycles. The predicted octanol–water partition coefficient (Wildman–Crippen LogP) is 10.8. The molecular weight excluding hydrogens is 490 g/mol. The first-order valence-corrected chi connectivity index (χ1v) is 14.4. The van der Waals surface area contributed by atoms with E-state index in [1.54, 1.807) is 0 Å². The van der Waals surface area contributed by atoms with Gasteiger partial charge in [-0.05, 0) is 63.0 Å². The molecule has 1 aliphatic rings. The number of benzene rings is 6. The second-order valence-electron chi connectivity index (χ2n) is 11.4. The lowest BCUT2D eigenvalue weighted by Crippen LogP contribution is -2.14. The predicted molar refractivity (Wildman–Crippen MR) is 169 cm³/mol. The summed E-state index contributed by atoms with van der Waals surface area (Å²) in [5.41, 5.74) is 10.5. The largest absolute Gasteiger partial charge is 0.354 e. The molecule has 2 heterocycles. The first kappa shape index (κ1) is 21.5. The molecule has 0 atom stereocenters. The van der Waals surface area contributed by atoms with Crippen molar-refractivity contribution in [1.29, 1.82) is 0 Å². The zero-order valence-electron chi connectivity index (χ0n) is 21.8. The van der Waals surface area contributed by atoms with Crippen LogP contribution < -0.4 is 0 Å². The van der Waals surface area contributed by atoms with Crippen molar-refractivity contribution in [1.82, 2.24) is 4.98 Å². The van der Waals surface area contributed by atoms with Crippen LogP contribution in [0.2, 0.25) is 0 Å². The molecule has 0 spiro atoms. The van der Waals surface area contributed by atoms with E-state index in [0.717, 1.165) is 0 Å². The second kappa shape index (κ2) is 7.37. The molecule has 9 rings (SSSR count). The summed E-state index contributed by atoms with van der Waals surface area (Å²) >= 11 is 1.92. The van der Waals surface area contributed by atoms with E-state index in [2.05, 4.69) is 128 Å². The summed E-state index contributed by atoms with van der Waals surface area (Å²) in [6, 6.07) is 40.6. The van der Waals surface area contributed by atoms with E-state index in [-0.39, 0.29) is 5.41 Å². The Morgan fingerprint density at radius 3 is 2.15 bits per heavy atom. The fourth-order valence-corrected chi connectivity index (χ4v) is 8.38. The molecule has 0 bridgehead atoms. The van der Waals surface area contributed by atoms with Crippen molar-refractivity contribution in [3.63, 3.8) is 0 Å². The smallest absolute Gasteiger partial charge is 0.0559 e. The molecule has 1 N–H and O–H groups in total. The molecule has 39 heavy (non-hydrogen) atoms. The Kier molecular flexibility index (Phi) is 4.07. The van der Waals surface area contributed by atoms with E-state index in [9.17, 15) is 0 Å². The molecule has 0 aliphatic heterocycles. The standard InChI is InChI=1S/C37H25NS/c1-37(2)29-13-7-5-9-23(29)24-17-15-22(20-30(24)37)21-16-18-31-28(19-21)34-35(38-31)26-11-4-3-10-25(26)33-27-12-6-8-14-32(27)39-36(33)34/h3-20,38H,1-2H3. The number of hydrogen-bond donors (Lipinski definition) is 1. The van der Waals surface area contributed by atoms with E-state index in [4.69, 9.17) is 0 Å². The number of hydrogen-bond acceptors (Lipinski definition) is 1. The van der Waals surface area contributed by atoms with Crippen LogP contribution in [0.1, 0.15) is 25.0 Å². The SMILES string of the molecule is CC1(C)c2ccccc2-c2ccc(-c3ccc4[nH]c5c6ccccc6c6c7ccccc7sc6c5c4c3)cc21. The average molecular weight is 516 g/mol. The minimum atomic E-state index is -0.00499. The van der Waals surface area contributed by atoms with Gasteiger partial charge in [0.25, 0.3) is 0 Å². The van der Waals surface area contributed by atoms with Crippen LogP contribution in [-0.2, 0) is 5.41 Å². The molecule has 6 aromatic carbocycles. The number of aromatic nitrogens is 1. The van der Waals surface area contributed by atoms with Gasteiger partial charge in [-0.2, -0.15) is 0 Å². The second-order valence-corrected chi connectivity index (χ2v) is 12.5. The number of rotatable bonds is 1. The van der Waals surface area contributed by atoms with Crippen LogP contribution >= 0.6 is 11.3 Å². The Balaban J connectivity index is 1.34. The van der Waals surface area contributed by atoms with E-state index < -0.39 is 0 Å². The normalized spacial score (nSPS) is 14.1. The number of aromatic amines is 1. The minimum absolute atomic E-state index is 0.00499. The van der Waals surface area contributed by atoms with Gasteiger partial charge in [0, 0.05) is 47.3 Å². The van der Waals surface area contributed by atoms with Gasteiger partial charge < -0.3 is 4.98 Å². The summed E-state index contributed by atoms with van der Waals surface area (Å²) in [6.07, 6.45) is 0. The van der Waals surface area contributed by atoms with Gasteiger partial charge in [0.1, 0.15) is 0 Å². The molecule has 0 unspecified atom stereocenters. The third-order valence-corrected chi connectivity index (χ3v) is 10.2. The summed E-state index contributed by atoms with van der Waals surface area (Å²) in [4.78, 5) is 3.81. The number of thiophene rings is 1. The number of fused-ring (bicyclic) bond motifs is 13. The fourth-order valence-electron chi connectivity index (χ4n) is 7.10. The Bertz CT molecular complexity index is 2310. The lowest BCUT2D eigenvalue weighted by molar-refractivity contribution is 0.660. The molecule has 8 aromatic rings. The first-order valence-electron chi connectivity index (χ1n) is 13.6. The maximum absolute atomic E-state index is 3.81.